The van der Waals surface area contributed by atoms with Crippen LogP contribution in [0.2, 0.25) is 0 Å². The van der Waals surface area contributed by atoms with E-state index in [1.165, 1.54) is 0 Å². The summed E-state index contributed by atoms with van der Waals surface area (Å²) in [7, 11) is 0. The van der Waals surface area contributed by atoms with Gasteiger partial charge in [0, 0.05) is 45.2 Å². The number of hydrogen-bond acceptors (Lipinski definition) is 4. The standard InChI is InChI=1S/C22H15N5O/c23-22(15-11-24-16-7-3-1-5-13(15)16)9-12-10-25-21(28)27-19(12)18-14-6-2-4-8-17(14)26-20(18)22/h1-11,24H,23H2,(H,27,28). The number of benzene rings is 2. The summed E-state index contributed by atoms with van der Waals surface area (Å²) in [6.45, 7) is 0. The predicted molar refractivity (Wildman–Crippen MR) is 109 cm³/mol. The second-order valence-electron chi connectivity index (χ2n) is 7.13. The lowest BCUT2D eigenvalue weighted by Gasteiger charge is -2.29. The summed E-state index contributed by atoms with van der Waals surface area (Å²) in [4.78, 5) is 26.9. The van der Waals surface area contributed by atoms with Gasteiger partial charge in [-0.1, -0.05) is 36.4 Å². The molecule has 0 saturated carbocycles. The number of para-hydroxylation sites is 2. The van der Waals surface area contributed by atoms with Gasteiger partial charge in [0.15, 0.2) is 0 Å². The molecule has 1 aliphatic heterocycles. The molecule has 3 heterocycles. The quantitative estimate of drug-likeness (QED) is 0.472. The van der Waals surface area contributed by atoms with Crippen LogP contribution in [0.5, 0.6) is 0 Å². The summed E-state index contributed by atoms with van der Waals surface area (Å²) < 4.78 is 0. The Balaban J connectivity index is 1.78. The first-order valence-corrected chi connectivity index (χ1v) is 9.02. The van der Waals surface area contributed by atoms with Crippen LogP contribution in [0.15, 0.2) is 70.7 Å². The fourth-order valence-corrected chi connectivity index (χ4v) is 4.29. The molecule has 6 heteroatoms. The van der Waals surface area contributed by atoms with E-state index in [0.717, 1.165) is 44.2 Å². The SMILES string of the molecule is NC1(c2c[nH]c3ccccc23)C=c2cnc(=O)[nH]c2=C2C1=Nc1ccccc12. The highest BCUT2D eigenvalue weighted by Crippen LogP contribution is 2.41. The van der Waals surface area contributed by atoms with E-state index >= 15 is 0 Å². The lowest BCUT2D eigenvalue weighted by Crippen LogP contribution is -2.53. The minimum absolute atomic E-state index is 0.389. The molecule has 2 aliphatic rings. The van der Waals surface area contributed by atoms with Gasteiger partial charge in [-0.3, -0.25) is 0 Å². The number of nitrogens with two attached hydrogens (primary N) is 1. The van der Waals surface area contributed by atoms with E-state index in [1.54, 1.807) is 6.20 Å². The zero-order valence-corrected chi connectivity index (χ0v) is 14.7. The Morgan fingerprint density at radius 3 is 2.79 bits per heavy atom. The third-order valence-corrected chi connectivity index (χ3v) is 5.54. The van der Waals surface area contributed by atoms with Crippen LogP contribution in [-0.4, -0.2) is 20.7 Å². The van der Waals surface area contributed by atoms with Crippen molar-refractivity contribution >= 4 is 34.0 Å². The van der Waals surface area contributed by atoms with Crippen LogP contribution < -0.4 is 22.0 Å². The number of aromatic amines is 2. The van der Waals surface area contributed by atoms with Gasteiger partial charge in [0.1, 0.15) is 5.54 Å². The second-order valence-corrected chi connectivity index (χ2v) is 7.13. The van der Waals surface area contributed by atoms with Gasteiger partial charge in [-0.25, -0.2) is 14.8 Å². The molecule has 0 bridgehead atoms. The van der Waals surface area contributed by atoms with E-state index in [-0.39, 0.29) is 5.69 Å². The molecule has 0 amide bonds. The molecule has 1 aliphatic carbocycles. The fraction of sp³-hybridized carbons (Fsp3) is 0.0455. The summed E-state index contributed by atoms with van der Waals surface area (Å²) in [5.41, 5.74) is 11.1. The van der Waals surface area contributed by atoms with Gasteiger partial charge in [0.05, 0.1) is 16.7 Å². The molecule has 0 saturated heterocycles. The van der Waals surface area contributed by atoms with E-state index in [0.29, 0.717) is 5.35 Å². The second kappa shape index (κ2) is 5.15. The normalized spacial score (nSPS) is 19.6. The summed E-state index contributed by atoms with van der Waals surface area (Å²) in [6.07, 6.45) is 5.46. The van der Waals surface area contributed by atoms with Gasteiger partial charge in [-0.15, -0.1) is 0 Å². The van der Waals surface area contributed by atoms with E-state index in [1.807, 2.05) is 60.8 Å². The summed E-state index contributed by atoms with van der Waals surface area (Å²) >= 11 is 0. The number of hydrogen-bond donors (Lipinski definition) is 3. The first-order chi connectivity index (χ1) is 13.6. The lowest BCUT2D eigenvalue weighted by molar-refractivity contribution is 0.810. The third-order valence-electron chi connectivity index (χ3n) is 5.54. The van der Waals surface area contributed by atoms with Gasteiger partial charge in [-0.2, -0.15) is 0 Å². The first-order valence-electron chi connectivity index (χ1n) is 9.02. The molecule has 4 aromatic rings. The maximum absolute atomic E-state index is 11.9. The molecule has 134 valence electrons. The highest BCUT2D eigenvalue weighted by molar-refractivity contribution is 6.35. The zero-order chi connectivity index (χ0) is 18.9. The summed E-state index contributed by atoms with van der Waals surface area (Å²) in [5, 5.41) is 2.54. The average molecular weight is 365 g/mol. The van der Waals surface area contributed by atoms with Crippen LogP contribution >= 0.6 is 0 Å². The Labute approximate surface area is 158 Å². The molecule has 0 spiro atoms. The van der Waals surface area contributed by atoms with Crippen LogP contribution in [0.3, 0.4) is 0 Å². The smallest absolute Gasteiger partial charge is 0.345 e. The Morgan fingerprint density at radius 1 is 1.04 bits per heavy atom. The van der Waals surface area contributed by atoms with Crippen molar-refractivity contribution in [2.45, 2.75) is 5.54 Å². The van der Waals surface area contributed by atoms with Crippen LogP contribution in [-0.2, 0) is 5.54 Å². The number of aromatic nitrogens is 3. The van der Waals surface area contributed by atoms with Crippen molar-refractivity contribution in [3.63, 3.8) is 0 Å². The van der Waals surface area contributed by atoms with Crippen molar-refractivity contribution in [3.05, 3.63) is 93.1 Å². The number of nitrogens with zero attached hydrogens (tertiary/aromatic N) is 2. The maximum Gasteiger partial charge on any atom is 0.345 e. The number of H-pyrrole nitrogens is 2. The molecule has 4 N–H and O–H groups in total. The van der Waals surface area contributed by atoms with Crippen LogP contribution in [0, 0.1) is 0 Å². The highest BCUT2D eigenvalue weighted by atomic mass is 16.1. The molecule has 0 fully saturated rings. The molecule has 0 radical (unpaired) electrons. The maximum atomic E-state index is 11.9. The molecule has 28 heavy (non-hydrogen) atoms. The van der Waals surface area contributed by atoms with Gasteiger partial charge in [0.2, 0.25) is 0 Å². The van der Waals surface area contributed by atoms with Crippen LogP contribution in [0.1, 0.15) is 11.1 Å². The highest BCUT2D eigenvalue weighted by Gasteiger charge is 2.41. The van der Waals surface area contributed by atoms with Crippen molar-refractivity contribution in [1.29, 1.82) is 0 Å². The summed E-state index contributed by atoms with van der Waals surface area (Å²) in [5.74, 6) is 0. The minimum atomic E-state index is -0.957. The van der Waals surface area contributed by atoms with Crippen molar-refractivity contribution in [2.24, 2.45) is 10.7 Å². The van der Waals surface area contributed by atoms with Gasteiger partial charge >= 0.3 is 5.69 Å². The molecule has 1 atom stereocenters. The molecular weight excluding hydrogens is 350 g/mol. The van der Waals surface area contributed by atoms with E-state index in [9.17, 15) is 4.79 Å². The molecule has 6 nitrogen and oxygen atoms in total. The van der Waals surface area contributed by atoms with Crippen molar-refractivity contribution < 1.29 is 0 Å². The number of aliphatic imine (C=N–C) groups is 1. The Hall–Kier alpha value is -3.77. The van der Waals surface area contributed by atoms with Gasteiger partial charge in [-0.05, 0) is 18.2 Å². The predicted octanol–water partition coefficient (Wildman–Crippen LogP) is 1.18. The van der Waals surface area contributed by atoms with E-state index in [2.05, 4.69) is 15.0 Å². The number of nitrogens with one attached hydrogen (secondary N) is 2. The monoisotopic (exact) mass is 365 g/mol. The molecule has 2 aromatic heterocycles. The fourth-order valence-electron chi connectivity index (χ4n) is 4.29. The van der Waals surface area contributed by atoms with Crippen LogP contribution in [0.4, 0.5) is 5.69 Å². The Kier molecular flexibility index (Phi) is 2.81. The van der Waals surface area contributed by atoms with Crippen molar-refractivity contribution in [3.8, 4) is 0 Å². The van der Waals surface area contributed by atoms with E-state index in [4.69, 9.17) is 10.7 Å². The third kappa shape index (κ3) is 1.87. The largest absolute Gasteiger partial charge is 0.361 e. The molecule has 2 aromatic carbocycles. The van der Waals surface area contributed by atoms with E-state index < -0.39 is 5.54 Å². The Bertz CT molecular complexity index is 1510. The topological polar surface area (TPSA) is 99.9 Å². The molecular formula is C22H15N5O. The summed E-state index contributed by atoms with van der Waals surface area (Å²) in [6, 6.07) is 15.9. The number of rotatable bonds is 1. The molecule has 1 unspecified atom stereocenters. The number of fused-ring (bicyclic) bond motifs is 5. The van der Waals surface area contributed by atoms with Crippen molar-refractivity contribution in [2.75, 3.05) is 0 Å². The Morgan fingerprint density at radius 2 is 1.86 bits per heavy atom. The average Bonchev–Trinajstić information content (AvgIpc) is 3.31. The van der Waals surface area contributed by atoms with Crippen LogP contribution in [0.25, 0.3) is 22.6 Å². The van der Waals surface area contributed by atoms with Crippen molar-refractivity contribution in [1.82, 2.24) is 15.0 Å². The van der Waals surface area contributed by atoms with Gasteiger partial charge in [0.25, 0.3) is 0 Å². The molecule has 6 rings (SSSR count). The van der Waals surface area contributed by atoms with Gasteiger partial charge < -0.3 is 15.7 Å². The minimum Gasteiger partial charge on any atom is -0.361 e. The first kappa shape index (κ1) is 15.3. The zero-order valence-electron chi connectivity index (χ0n) is 14.7. The lowest BCUT2D eigenvalue weighted by atomic mass is 9.78.